The van der Waals surface area contributed by atoms with Crippen molar-refractivity contribution < 1.29 is 39.3 Å². The molecule has 254 valence electrons. The molecule has 2 aliphatic rings. The van der Waals surface area contributed by atoms with Crippen molar-refractivity contribution in [1.82, 2.24) is 46.2 Å². The molecule has 1 amide bonds. The highest BCUT2D eigenvalue weighted by Crippen LogP contribution is 1.98. The Morgan fingerprint density at radius 2 is 0.841 bits per heavy atom. The minimum atomic E-state index is -0.960. The van der Waals surface area contributed by atoms with Crippen LogP contribution in [0.1, 0.15) is 6.42 Å². The van der Waals surface area contributed by atoms with Crippen LogP contribution in [-0.2, 0) is 24.0 Å². The minimum Gasteiger partial charge on any atom is -0.480 e. The van der Waals surface area contributed by atoms with E-state index in [9.17, 15) is 24.0 Å². The van der Waals surface area contributed by atoms with Crippen molar-refractivity contribution in [3.63, 3.8) is 0 Å². The number of carboxylic acids is 3. The van der Waals surface area contributed by atoms with Gasteiger partial charge in [0.1, 0.15) is 6.29 Å². The highest BCUT2D eigenvalue weighted by molar-refractivity contribution is 5.78. The average molecular weight is 632 g/mol. The van der Waals surface area contributed by atoms with Gasteiger partial charge in [0.2, 0.25) is 5.91 Å². The van der Waals surface area contributed by atoms with Crippen molar-refractivity contribution in [3.8, 4) is 0 Å². The molecule has 0 aromatic heterocycles. The number of aldehydes is 1. The predicted molar refractivity (Wildman–Crippen MR) is 164 cm³/mol. The van der Waals surface area contributed by atoms with E-state index in [2.05, 4.69) is 31.5 Å². The van der Waals surface area contributed by atoms with Gasteiger partial charge < -0.3 is 46.7 Å². The van der Waals surface area contributed by atoms with Crippen LogP contribution >= 0.6 is 0 Å². The fourth-order valence-corrected chi connectivity index (χ4v) is 4.55. The number of nitrogens with one attached hydrogen (secondary N) is 5. The van der Waals surface area contributed by atoms with E-state index < -0.39 is 17.9 Å². The van der Waals surface area contributed by atoms with Gasteiger partial charge >= 0.3 is 17.9 Å². The first-order valence-corrected chi connectivity index (χ1v) is 15.3. The van der Waals surface area contributed by atoms with Crippen LogP contribution in [-0.4, -0.2) is 202 Å². The van der Waals surface area contributed by atoms with Gasteiger partial charge in [-0.3, -0.25) is 38.8 Å². The van der Waals surface area contributed by atoms with Crippen LogP contribution in [0.5, 0.6) is 0 Å². The van der Waals surface area contributed by atoms with Gasteiger partial charge in [0.05, 0.1) is 26.2 Å². The summed E-state index contributed by atoms with van der Waals surface area (Å²) in [6, 6.07) is 0. The molecular formula is C27H53N9O8. The number of hydrogen-bond acceptors (Lipinski definition) is 13. The lowest BCUT2D eigenvalue weighted by atomic mass is 10.3. The van der Waals surface area contributed by atoms with E-state index in [1.165, 1.54) is 0 Å². The van der Waals surface area contributed by atoms with Crippen molar-refractivity contribution in [1.29, 1.82) is 0 Å². The molecule has 0 saturated carbocycles. The van der Waals surface area contributed by atoms with E-state index in [4.69, 9.17) is 15.3 Å². The van der Waals surface area contributed by atoms with E-state index in [1.807, 2.05) is 0 Å². The molecule has 17 nitrogen and oxygen atoms in total. The zero-order valence-electron chi connectivity index (χ0n) is 25.8. The molecule has 0 unspecified atom stereocenters. The molecule has 0 atom stereocenters. The molecule has 17 heteroatoms. The van der Waals surface area contributed by atoms with Crippen LogP contribution in [0.25, 0.3) is 0 Å². The normalized spacial score (nSPS) is 19.8. The number of nitrogens with zero attached hydrogens (tertiary/aromatic N) is 4. The van der Waals surface area contributed by atoms with Crippen molar-refractivity contribution in [3.05, 3.63) is 0 Å². The average Bonchev–Trinajstić information content (AvgIpc) is 2.94. The van der Waals surface area contributed by atoms with E-state index in [0.29, 0.717) is 71.9 Å². The van der Waals surface area contributed by atoms with E-state index in [-0.39, 0.29) is 25.5 Å². The molecule has 0 aliphatic carbocycles. The summed E-state index contributed by atoms with van der Waals surface area (Å²) in [5.41, 5.74) is 0. The monoisotopic (exact) mass is 631 g/mol. The molecule has 0 spiro atoms. The summed E-state index contributed by atoms with van der Waals surface area (Å²) in [7, 11) is 0. The zero-order valence-corrected chi connectivity index (χ0v) is 25.8. The van der Waals surface area contributed by atoms with Gasteiger partial charge in [0.15, 0.2) is 0 Å². The Morgan fingerprint density at radius 1 is 0.523 bits per heavy atom. The standard InChI is InChI=1S/C14H26N4O6.C13H27N5O2/c19-12(20)9-16-3-1-15-2-4-17(10-13(21)22)6-8-18(7-5-16)11-14(23)24;19-11-1-2-17-13(20)12-18-9-7-15-5-3-14-4-6-16-8-10-18/h15H,1-11H2,(H,19,20)(H,21,22)(H,23,24);11,14-16H,1-10,12H2,(H,17,20). The van der Waals surface area contributed by atoms with Crippen LogP contribution in [0.15, 0.2) is 0 Å². The second kappa shape index (κ2) is 25.5. The molecular weight excluding hydrogens is 578 g/mol. The lowest BCUT2D eigenvalue weighted by Gasteiger charge is -2.29. The molecule has 0 radical (unpaired) electrons. The van der Waals surface area contributed by atoms with Crippen molar-refractivity contribution in [2.45, 2.75) is 6.42 Å². The number of aliphatic carboxylic acids is 3. The first-order chi connectivity index (χ1) is 21.2. The summed E-state index contributed by atoms with van der Waals surface area (Å²) < 4.78 is 0. The topological polar surface area (TPSA) is 219 Å². The zero-order chi connectivity index (χ0) is 32.4. The summed E-state index contributed by atoms with van der Waals surface area (Å²) in [6.45, 7) is 11.7. The van der Waals surface area contributed by atoms with Gasteiger partial charge in [-0.05, 0) is 0 Å². The van der Waals surface area contributed by atoms with Crippen LogP contribution in [0.2, 0.25) is 0 Å². The minimum absolute atomic E-state index is 0.0133. The lowest BCUT2D eigenvalue weighted by Crippen LogP contribution is -2.47. The van der Waals surface area contributed by atoms with Crippen LogP contribution < -0.4 is 26.6 Å². The smallest absolute Gasteiger partial charge is 0.317 e. The third-order valence-electron chi connectivity index (χ3n) is 6.87. The van der Waals surface area contributed by atoms with E-state index >= 15 is 0 Å². The van der Waals surface area contributed by atoms with Gasteiger partial charge in [-0.15, -0.1) is 0 Å². The first kappa shape index (κ1) is 39.3. The number of hydrogen-bond donors (Lipinski definition) is 8. The summed E-state index contributed by atoms with van der Waals surface area (Å²) in [5.74, 6) is -2.81. The van der Waals surface area contributed by atoms with E-state index in [0.717, 1.165) is 58.6 Å². The maximum absolute atomic E-state index is 11.7. The number of carbonyl (C=O) groups is 5. The maximum Gasteiger partial charge on any atom is 0.317 e. The van der Waals surface area contributed by atoms with Gasteiger partial charge in [-0.1, -0.05) is 0 Å². The summed E-state index contributed by atoms with van der Waals surface area (Å²) in [5, 5.41) is 42.9. The van der Waals surface area contributed by atoms with Gasteiger partial charge in [0, 0.05) is 118 Å². The van der Waals surface area contributed by atoms with Crippen LogP contribution in [0.3, 0.4) is 0 Å². The third-order valence-corrected chi connectivity index (χ3v) is 6.87. The van der Waals surface area contributed by atoms with E-state index in [1.54, 1.807) is 14.7 Å². The first-order valence-electron chi connectivity index (χ1n) is 15.3. The SMILES string of the molecule is O=C(O)CN1CCNCCN(CC(=O)O)CCN(CC(=O)O)CC1.O=CCCNC(=O)CN1CCNCCNCCNCC1. The van der Waals surface area contributed by atoms with Gasteiger partial charge in [0.25, 0.3) is 0 Å². The number of carbonyl (C=O) groups excluding carboxylic acids is 2. The quantitative estimate of drug-likeness (QED) is 0.0796. The summed E-state index contributed by atoms with van der Waals surface area (Å²) >= 11 is 0. The van der Waals surface area contributed by atoms with Gasteiger partial charge in [-0.2, -0.15) is 0 Å². The van der Waals surface area contributed by atoms with Crippen molar-refractivity contribution >= 4 is 30.1 Å². The Hall–Kier alpha value is -2.77. The predicted octanol–water partition coefficient (Wildman–Crippen LogP) is -4.47. The second-order valence-corrected chi connectivity index (χ2v) is 10.6. The summed E-state index contributed by atoms with van der Waals surface area (Å²) in [4.78, 5) is 62.1. The Labute approximate surface area is 259 Å². The molecule has 2 aliphatic heterocycles. The molecule has 8 N–H and O–H groups in total. The van der Waals surface area contributed by atoms with Gasteiger partial charge in [-0.25, -0.2) is 0 Å². The number of amides is 1. The largest absolute Gasteiger partial charge is 0.480 e. The maximum atomic E-state index is 11.7. The molecule has 2 rings (SSSR count). The Morgan fingerprint density at radius 3 is 1.20 bits per heavy atom. The molecule has 0 aromatic carbocycles. The Bertz CT molecular complexity index is 797. The highest BCUT2D eigenvalue weighted by Gasteiger charge is 2.18. The fraction of sp³-hybridized carbons (Fsp3) is 0.815. The van der Waals surface area contributed by atoms with Crippen molar-refractivity contribution in [2.24, 2.45) is 0 Å². The fourth-order valence-electron chi connectivity index (χ4n) is 4.55. The molecule has 2 fully saturated rings. The highest BCUT2D eigenvalue weighted by atomic mass is 16.4. The molecule has 0 aromatic rings. The Balaban J connectivity index is 0.000000447. The molecule has 0 bridgehead atoms. The van der Waals surface area contributed by atoms with Crippen LogP contribution in [0, 0.1) is 0 Å². The van der Waals surface area contributed by atoms with Crippen molar-refractivity contribution in [2.75, 3.05) is 137 Å². The lowest BCUT2D eigenvalue weighted by molar-refractivity contribution is -0.140. The third kappa shape index (κ3) is 22.7. The molecule has 2 heterocycles. The number of rotatable bonds is 11. The molecule has 2 saturated heterocycles. The molecule has 44 heavy (non-hydrogen) atoms. The Kier molecular flexibility index (Phi) is 22.8. The van der Waals surface area contributed by atoms with Crippen LogP contribution in [0.4, 0.5) is 0 Å². The number of carboxylic acid groups (broad SMARTS) is 3. The second-order valence-electron chi connectivity index (χ2n) is 10.6. The summed E-state index contributed by atoms with van der Waals surface area (Å²) in [6.07, 6.45) is 1.19.